The predicted molar refractivity (Wildman–Crippen MR) is 114 cm³/mol. The minimum atomic E-state index is -0.969. The lowest BCUT2D eigenvalue weighted by Crippen LogP contribution is -2.04. The van der Waals surface area contributed by atoms with Crippen LogP contribution < -0.4 is 5.32 Å². The first-order chi connectivity index (χ1) is 13.5. The number of aromatic carboxylic acids is 1. The standard InChI is InChI=1S/C20H13Cl2N3O2S/c21-14-6-5-13(15(22)9-14)10-23-19-17-16(7-8-28-17)24-18(25-19)11-1-3-12(4-2-11)20(26)27/h1-9H,10H2,(H,26,27)(H,23,24,25). The predicted octanol–water partition coefficient (Wildman–Crippen LogP) is 5.98. The molecule has 2 aromatic heterocycles. The fourth-order valence-corrected chi connectivity index (χ4v) is 3.99. The van der Waals surface area contributed by atoms with Gasteiger partial charge in [-0.1, -0.05) is 41.4 Å². The van der Waals surface area contributed by atoms with Crippen LogP contribution in [0.25, 0.3) is 21.6 Å². The van der Waals surface area contributed by atoms with Crippen molar-refractivity contribution in [1.29, 1.82) is 0 Å². The van der Waals surface area contributed by atoms with Crippen molar-refractivity contribution >= 4 is 56.5 Å². The van der Waals surface area contributed by atoms with Crippen LogP contribution >= 0.6 is 34.5 Å². The highest BCUT2D eigenvalue weighted by atomic mass is 35.5. The number of fused-ring (bicyclic) bond motifs is 1. The number of nitrogens with zero attached hydrogens (tertiary/aromatic N) is 2. The second-order valence-electron chi connectivity index (χ2n) is 6.00. The van der Waals surface area contributed by atoms with Gasteiger partial charge in [-0.3, -0.25) is 0 Å². The number of hydrogen-bond acceptors (Lipinski definition) is 5. The Balaban J connectivity index is 1.68. The molecule has 0 spiro atoms. The van der Waals surface area contributed by atoms with E-state index >= 15 is 0 Å². The first kappa shape index (κ1) is 18.7. The zero-order chi connectivity index (χ0) is 19.7. The summed E-state index contributed by atoms with van der Waals surface area (Å²) in [5, 5.41) is 15.5. The molecule has 0 amide bonds. The van der Waals surface area contributed by atoms with Gasteiger partial charge in [0.25, 0.3) is 0 Å². The Kier molecular flexibility index (Phi) is 5.17. The number of anilines is 1. The maximum atomic E-state index is 11.1. The van der Waals surface area contributed by atoms with Crippen molar-refractivity contribution in [3.8, 4) is 11.4 Å². The molecule has 0 bridgehead atoms. The Morgan fingerprint density at radius 3 is 2.57 bits per heavy atom. The minimum Gasteiger partial charge on any atom is -0.478 e. The van der Waals surface area contributed by atoms with Crippen molar-refractivity contribution in [2.75, 3.05) is 5.32 Å². The summed E-state index contributed by atoms with van der Waals surface area (Å²) in [7, 11) is 0. The summed E-state index contributed by atoms with van der Waals surface area (Å²) in [5.41, 5.74) is 2.69. The molecule has 28 heavy (non-hydrogen) atoms. The summed E-state index contributed by atoms with van der Waals surface area (Å²) < 4.78 is 0.941. The van der Waals surface area contributed by atoms with Crippen LogP contribution in [-0.4, -0.2) is 21.0 Å². The molecule has 2 heterocycles. The Morgan fingerprint density at radius 1 is 1.07 bits per heavy atom. The summed E-state index contributed by atoms with van der Waals surface area (Å²) >= 11 is 13.8. The topological polar surface area (TPSA) is 75.1 Å². The molecule has 0 unspecified atom stereocenters. The summed E-state index contributed by atoms with van der Waals surface area (Å²) in [5.74, 6) is 0.249. The lowest BCUT2D eigenvalue weighted by molar-refractivity contribution is 0.0697. The highest BCUT2D eigenvalue weighted by Crippen LogP contribution is 2.30. The molecule has 0 aliphatic heterocycles. The van der Waals surface area contributed by atoms with E-state index in [-0.39, 0.29) is 5.56 Å². The zero-order valence-corrected chi connectivity index (χ0v) is 16.6. The summed E-state index contributed by atoms with van der Waals surface area (Å²) in [6.45, 7) is 0.484. The van der Waals surface area contributed by atoms with Crippen LogP contribution in [0.5, 0.6) is 0 Å². The van der Waals surface area contributed by atoms with Gasteiger partial charge in [0.15, 0.2) is 5.82 Å². The van der Waals surface area contributed by atoms with E-state index < -0.39 is 5.97 Å². The molecule has 0 saturated carbocycles. The van der Waals surface area contributed by atoms with Gasteiger partial charge < -0.3 is 10.4 Å². The van der Waals surface area contributed by atoms with E-state index in [1.165, 1.54) is 0 Å². The molecule has 8 heteroatoms. The number of carboxylic acids is 1. The third-order valence-electron chi connectivity index (χ3n) is 4.16. The van der Waals surface area contributed by atoms with Gasteiger partial charge in [-0.05, 0) is 41.3 Å². The van der Waals surface area contributed by atoms with Gasteiger partial charge >= 0.3 is 5.97 Å². The van der Waals surface area contributed by atoms with Crippen LogP contribution in [0.3, 0.4) is 0 Å². The van der Waals surface area contributed by atoms with Crippen LogP contribution in [-0.2, 0) is 6.54 Å². The Bertz CT molecular complexity index is 1180. The van der Waals surface area contributed by atoms with Crippen molar-refractivity contribution < 1.29 is 9.90 Å². The maximum Gasteiger partial charge on any atom is 0.335 e. The molecule has 0 aliphatic carbocycles. The number of carbonyl (C=O) groups is 1. The summed E-state index contributed by atoms with van der Waals surface area (Å²) in [6, 6.07) is 13.8. The second-order valence-corrected chi connectivity index (χ2v) is 7.76. The lowest BCUT2D eigenvalue weighted by Gasteiger charge is -2.10. The minimum absolute atomic E-state index is 0.219. The SMILES string of the molecule is O=C(O)c1ccc(-c2nc(NCc3ccc(Cl)cc3Cl)c3sccc3n2)cc1. The van der Waals surface area contributed by atoms with E-state index in [2.05, 4.69) is 15.3 Å². The Hall–Kier alpha value is -2.67. The van der Waals surface area contributed by atoms with E-state index in [0.717, 1.165) is 21.3 Å². The van der Waals surface area contributed by atoms with Crippen molar-refractivity contribution in [3.63, 3.8) is 0 Å². The van der Waals surface area contributed by atoms with Gasteiger partial charge in [0.1, 0.15) is 5.82 Å². The van der Waals surface area contributed by atoms with E-state index in [1.54, 1.807) is 47.7 Å². The van der Waals surface area contributed by atoms with Gasteiger partial charge in [0, 0.05) is 22.2 Å². The molecule has 2 N–H and O–H groups in total. The molecule has 5 nitrogen and oxygen atoms in total. The fraction of sp³-hybridized carbons (Fsp3) is 0.0500. The van der Waals surface area contributed by atoms with Crippen LogP contribution in [0.4, 0.5) is 5.82 Å². The highest BCUT2D eigenvalue weighted by molar-refractivity contribution is 7.17. The lowest BCUT2D eigenvalue weighted by atomic mass is 10.1. The summed E-state index contributed by atoms with van der Waals surface area (Å²) in [6.07, 6.45) is 0. The van der Waals surface area contributed by atoms with Crippen molar-refractivity contribution in [3.05, 3.63) is 75.1 Å². The average molecular weight is 430 g/mol. The molecular formula is C20H13Cl2N3O2S. The normalized spacial score (nSPS) is 10.9. The number of thiophene rings is 1. The Labute approximate surface area is 174 Å². The number of benzene rings is 2. The number of hydrogen-bond donors (Lipinski definition) is 2. The van der Waals surface area contributed by atoms with Crippen molar-refractivity contribution in [2.24, 2.45) is 0 Å². The van der Waals surface area contributed by atoms with E-state index in [1.807, 2.05) is 17.5 Å². The van der Waals surface area contributed by atoms with E-state index in [9.17, 15) is 4.79 Å². The van der Waals surface area contributed by atoms with Crippen LogP contribution in [0, 0.1) is 0 Å². The van der Waals surface area contributed by atoms with Gasteiger partial charge in [0.2, 0.25) is 0 Å². The number of aromatic nitrogens is 2. The molecule has 2 aromatic carbocycles. The van der Waals surface area contributed by atoms with Crippen molar-refractivity contribution in [2.45, 2.75) is 6.54 Å². The molecule has 0 atom stereocenters. The van der Waals surface area contributed by atoms with Gasteiger partial charge in [-0.25, -0.2) is 14.8 Å². The maximum absolute atomic E-state index is 11.1. The fourth-order valence-electron chi connectivity index (χ4n) is 2.72. The number of nitrogens with one attached hydrogen (secondary N) is 1. The van der Waals surface area contributed by atoms with E-state index in [0.29, 0.717) is 28.2 Å². The number of rotatable bonds is 5. The zero-order valence-electron chi connectivity index (χ0n) is 14.3. The van der Waals surface area contributed by atoms with E-state index in [4.69, 9.17) is 28.3 Å². The smallest absolute Gasteiger partial charge is 0.335 e. The second kappa shape index (κ2) is 7.75. The van der Waals surface area contributed by atoms with Crippen LogP contribution in [0.2, 0.25) is 10.0 Å². The number of halogens is 2. The average Bonchev–Trinajstić information content (AvgIpc) is 3.16. The molecule has 140 valence electrons. The molecule has 4 rings (SSSR count). The Morgan fingerprint density at radius 2 is 1.86 bits per heavy atom. The molecule has 0 radical (unpaired) electrons. The van der Waals surface area contributed by atoms with Crippen LogP contribution in [0.1, 0.15) is 15.9 Å². The van der Waals surface area contributed by atoms with Gasteiger partial charge in [0.05, 0.1) is 15.8 Å². The first-order valence-corrected chi connectivity index (χ1v) is 9.91. The quantitative estimate of drug-likeness (QED) is 0.408. The van der Waals surface area contributed by atoms with Crippen molar-refractivity contribution in [1.82, 2.24) is 9.97 Å². The van der Waals surface area contributed by atoms with Gasteiger partial charge in [-0.2, -0.15) is 0 Å². The summed E-state index contributed by atoms with van der Waals surface area (Å²) in [4.78, 5) is 20.3. The highest BCUT2D eigenvalue weighted by Gasteiger charge is 2.12. The third-order valence-corrected chi connectivity index (χ3v) is 5.65. The molecule has 0 aliphatic rings. The molecule has 4 aromatic rings. The first-order valence-electron chi connectivity index (χ1n) is 8.28. The molecular weight excluding hydrogens is 417 g/mol. The molecule has 0 fully saturated rings. The largest absolute Gasteiger partial charge is 0.478 e. The number of carboxylic acid groups (broad SMARTS) is 1. The monoisotopic (exact) mass is 429 g/mol. The molecule has 0 saturated heterocycles. The third kappa shape index (κ3) is 3.80. The van der Waals surface area contributed by atoms with Crippen LogP contribution in [0.15, 0.2) is 53.9 Å². The van der Waals surface area contributed by atoms with Gasteiger partial charge in [-0.15, -0.1) is 11.3 Å².